The van der Waals surface area contributed by atoms with Gasteiger partial charge in [-0.2, -0.15) is 0 Å². The van der Waals surface area contributed by atoms with Crippen molar-refractivity contribution in [3.8, 4) is 5.75 Å². The Kier molecular flexibility index (Phi) is 7.51. The Morgan fingerprint density at radius 3 is 2.36 bits per heavy atom. The van der Waals surface area contributed by atoms with Gasteiger partial charge in [-0.25, -0.2) is 9.59 Å². The largest absolute Gasteiger partial charge is 0.508 e. The molecule has 0 radical (unpaired) electrons. The van der Waals surface area contributed by atoms with E-state index in [2.05, 4.69) is 5.32 Å². The highest BCUT2D eigenvalue weighted by atomic mass is 32.2. The highest BCUT2D eigenvalue weighted by molar-refractivity contribution is 8.01. The normalized spacial score (nSPS) is 29.6. The Hall–Kier alpha value is -3.82. The molecular weight excluding hydrogens is 536 g/mol. The molecule has 4 aliphatic heterocycles. The number of aliphatic hydroxyl groups excluding tert-OH is 1. The Morgan fingerprint density at radius 1 is 1.18 bits per heavy atom. The van der Waals surface area contributed by atoms with Crippen LogP contribution in [0.25, 0.3) is 0 Å². The number of phenolic OH excluding ortho intramolecular Hbond substituents is 1. The van der Waals surface area contributed by atoms with E-state index in [0.717, 1.165) is 0 Å². The predicted octanol–water partition coefficient (Wildman–Crippen LogP) is -1.07. The fourth-order valence-electron chi connectivity index (χ4n) is 4.88. The minimum absolute atomic E-state index is 0.0606. The molecule has 6 atom stereocenters. The van der Waals surface area contributed by atoms with Crippen LogP contribution < -0.4 is 11.1 Å². The number of carboxylic acids is 2. The number of nitrogens with one attached hydrogen (secondary N) is 1. The van der Waals surface area contributed by atoms with Gasteiger partial charge in [0.15, 0.2) is 12.3 Å². The summed E-state index contributed by atoms with van der Waals surface area (Å²) in [5.41, 5.74) is 6.41. The van der Waals surface area contributed by atoms with Crippen molar-refractivity contribution in [1.82, 2.24) is 15.1 Å². The van der Waals surface area contributed by atoms with E-state index in [1.165, 1.54) is 51.9 Å². The number of benzene rings is 1. The standard InChI is InChI=1S/C16H19N3O5S.C8H9NO5/c1-16(2)11(15(23)24)19-13(22)10(14(19)25-16)18-12(21)9(17)7-3-5-8(20)6-4-7;10-2-1-4-7(8(12)13)9-5(11)3-6(9)14-4/h3-6,9-11,14,20H,17H2,1-2H3,(H,18,21)(H,23,24);1,6-7,10H,2-3H2,(H,12,13)/t9-,10-,11+,14-;/m1./s1. The molecule has 4 saturated heterocycles. The van der Waals surface area contributed by atoms with Crippen LogP contribution >= 0.6 is 11.8 Å². The number of nitrogens with zero attached hydrogens (tertiary/aromatic N) is 2. The van der Waals surface area contributed by atoms with E-state index in [-0.39, 0.29) is 30.4 Å². The van der Waals surface area contributed by atoms with Crippen molar-refractivity contribution in [3.63, 3.8) is 0 Å². The number of aliphatic hydroxyl groups is 1. The van der Waals surface area contributed by atoms with Crippen LogP contribution in [0.4, 0.5) is 0 Å². The molecule has 3 amide bonds. The number of amides is 3. The van der Waals surface area contributed by atoms with Crippen LogP contribution in [-0.2, 0) is 28.7 Å². The van der Waals surface area contributed by atoms with Gasteiger partial charge in [0.05, 0.1) is 13.0 Å². The molecule has 2 unspecified atom stereocenters. The van der Waals surface area contributed by atoms with Gasteiger partial charge in [-0.3, -0.25) is 19.3 Å². The van der Waals surface area contributed by atoms with Gasteiger partial charge >= 0.3 is 11.9 Å². The molecule has 0 bridgehead atoms. The van der Waals surface area contributed by atoms with Crippen molar-refractivity contribution >= 4 is 41.4 Å². The Morgan fingerprint density at radius 2 is 1.82 bits per heavy atom. The number of thioether (sulfide) groups is 1. The highest BCUT2D eigenvalue weighted by Crippen LogP contribution is 2.50. The van der Waals surface area contributed by atoms with Gasteiger partial charge in [-0.15, -0.1) is 11.8 Å². The van der Waals surface area contributed by atoms with Gasteiger partial charge in [-0.1, -0.05) is 12.1 Å². The molecule has 1 aromatic rings. The SMILES string of the molecule is CC1(C)S[C@@H]2[C@H](NC(=O)[C@H](N)c3ccc(O)cc3)C(=O)N2[C@H]1C(=O)O.O=C(O)C1C(=CCO)OC2CC(=O)N21. The Labute approximate surface area is 226 Å². The summed E-state index contributed by atoms with van der Waals surface area (Å²) in [6.07, 6.45) is 1.03. The monoisotopic (exact) mass is 564 g/mol. The number of aliphatic carboxylic acids is 2. The number of aromatic hydroxyl groups is 1. The number of fused-ring (bicyclic) bond motifs is 2. The second-order valence-corrected chi connectivity index (χ2v) is 11.5. The second kappa shape index (κ2) is 10.4. The second-order valence-electron chi connectivity index (χ2n) is 9.76. The number of hydrogen-bond acceptors (Lipinski definition) is 10. The number of β-lactam (4-membered cyclic amide) rings is 2. The molecule has 0 aliphatic carbocycles. The van der Waals surface area contributed by atoms with Crippen molar-refractivity contribution in [2.24, 2.45) is 5.73 Å². The van der Waals surface area contributed by atoms with Crippen molar-refractivity contribution in [3.05, 3.63) is 41.7 Å². The fourth-order valence-corrected chi connectivity index (χ4v) is 6.51. The summed E-state index contributed by atoms with van der Waals surface area (Å²) in [5.74, 6) is -3.16. The van der Waals surface area contributed by atoms with Crippen LogP contribution in [0.3, 0.4) is 0 Å². The zero-order valence-corrected chi connectivity index (χ0v) is 21.7. The maximum absolute atomic E-state index is 12.3. The van der Waals surface area contributed by atoms with Crippen molar-refractivity contribution < 1.29 is 49.1 Å². The first-order valence-electron chi connectivity index (χ1n) is 11.9. The van der Waals surface area contributed by atoms with Gasteiger partial charge in [0, 0.05) is 4.75 Å². The predicted molar refractivity (Wildman–Crippen MR) is 134 cm³/mol. The lowest BCUT2D eigenvalue weighted by Crippen LogP contribution is -2.71. The number of hydrogen-bond donors (Lipinski definition) is 6. The van der Waals surface area contributed by atoms with E-state index in [1.54, 1.807) is 13.8 Å². The van der Waals surface area contributed by atoms with E-state index in [4.69, 9.17) is 20.7 Å². The average Bonchev–Trinajstić information content (AvgIpc) is 3.31. The minimum Gasteiger partial charge on any atom is -0.508 e. The van der Waals surface area contributed by atoms with Crippen LogP contribution in [0.5, 0.6) is 5.75 Å². The molecular formula is C24H28N4O10S. The van der Waals surface area contributed by atoms with Crippen molar-refractivity contribution in [1.29, 1.82) is 0 Å². The van der Waals surface area contributed by atoms with Gasteiger partial charge in [-0.05, 0) is 37.6 Å². The zero-order valence-electron chi connectivity index (χ0n) is 20.9. The third-order valence-corrected chi connectivity index (χ3v) is 8.37. The molecule has 0 spiro atoms. The first-order valence-corrected chi connectivity index (χ1v) is 12.8. The van der Waals surface area contributed by atoms with Gasteiger partial charge in [0.1, 0.15) is 35.0 Å². The average molecular weight is 565 g/mol. The number of ether oxygens (including phenoxy) is 1. The Balaban J connectivity index is 0.000000212. The number of nitrogens with two attached hydrogens (primary N) is 1. The van der Waals surface area contributed by atoms with E-state index in [0.29, 0.717) is 5.56 Å². The topological polar surface area (TPSA) is 220 Å². The molecule has 1 aromatic carbocycles. The minimum atomic E-state index is -1.14. The van der Waals surface area contributed by atoms with Crippen LogP contribution in [0.2, 0.25) is 0 Å². The molecule has 14 nitrogen and oxygen atoms in total. The number of phenols is 1. The zero-order chi connectivity index (χ0) is 28.8. The number of carboxylic acid groups (broad SMARTS) is 2. The molecule has 210 valence electrons. The van der Waals surface area contributed by atoms with E-state index < -0.39 is 64.3 Å². The molecule has 7 N–H and O–H groups in total. The highest BCUT2D eigenvalue weighted by Gasteiger charge is 2.64. The van der Waals surface area contributed by atoms with Crippen molar-refractivity contribution in [2.45, 2.75) is 60.8 Å². The maximum atomic E-state index is 12.3. The van der Waals surface area contributed by atoms with Gasteiger partial charge in [0.2, 0.25) is 17.7 Å². The van der Waals surface area contributed by atoms with Crippen LogP contribution in [0, 0.1) is 0 Å². The van der Waals surface area contributed by atoms with E-state index >= 15 is 0 Å². The lowest BCUT2D eigenvalue weighted by Gasteiger charge is -2.43. The summed E-state index contributed by atoms with van der Waals surface area (Å²) < 4.78 is 4.52. The van der Waals surface area contributed by atoms with Crippen molar-refractivity contribution in [2.75, 3.05) is 6.61 Å². The summed E-state index contributed by atoms with van der Waals surface area (Å²) in [4.78, 5) is 60.5. The first-order chi connectivity index (χ1) is 18.3. The molecule has 39 heavy (non-hydrogen) atoms. The molecule has 4 heterocycles. The summed E-state index contributed by atoms with van der Waals surface area (Å²) >= 11 is 1.35. The number of rotatable bonds is 6. The van der Waals surface area contributed by atoms with E-state index in [1.807, 2.05) is 0 Å². The third kappa shape index (κ3) is 4.99. The fraction of sp³-hybridized carbons (Fsp3) is 0.458. The lowest BCUT2D eigenvalue weighted by molar-refractivity contribution is -0.163. The lowest BCUT2D eigenvalue weighted by atomic mass is 9.95. The van der Waals surface area contributed by atoms with Crippen LogP contribution in [-0.4, -0.2) is 101 Å². The number of carbonyl (C=O) groups excluding carboxylic acids is 3. The summed E-state index contributed by atoms with van der Waals surface area (Å²) in [5, 5.41) is 38.4. The molecule has 0 aromatic heterocycles. The molecule has 4 fully saturated rings. The molecule has 4 aliphatic rings. The smallest absolute Gasteiger partial charge is 0.334 e. The third-order valence-electron chi connectivity index (χ3n) is 6.80. The Bertz CT molecular complexity index is 1240. The van der Waals surface area contributed by atoms with E-state index in [9.17, 15) is 34.2 Å². The van der Waals surface area contributed by atoms with Gasteiger partial charge in [0.25, 0.3) is 0 Å². The van der Waals surface area contributed by atoms with Crippen LogP contribution in [0.1, 0.15) is 31.9 Å². The summed E-state index contributed by atoms with van der Waals surface area (Å²) in [6.45, 7) is 3.24. The molecule has 15 heteroatoms. The van der Waals surface area contributed by atoms with Gasteiger partial charge < -0.3 is 41.1 Å². The summed E-state index contributed by atoms with van der Waals surface area (Å²) in [7, 11) is 0. The molecule has 5 rings (SSSR count). The maximum Gasteiger partial charge on any atom is 0.334 e. The van der Waals surface area contributed by atoms with Crippen LogP contribution in [0.15, 0.2) is 36.1 Å². The number of carbonyl (C=O) groups is 5. The quantitative estimate of drug-likeness (QED) is 0.227. The summed E-state index contributed by atoms with van der Waals surface area (Å²) in [6, 6.07) is 2.14. The first kappa shape index (κ1) is 28.2. The molecule has 0 saturated carbocycles.